The molecule has 1 aromatic heterocycles. The Kier molecular flexibility index (Phi) is 5.14. The van der Waals surface area contributed by atoms with Crippen molar-refractivity contribution in [2.24, 2.45) is 0 Å². The Bertz CT molecular complexity index is 1080. The molecule has 2 aliphatic heterocycles. The minimum Gasteiger partial charge on any atom is -0.493 e. The van der Waals surface area contributed by atoms with Gasteiger partial charge in [-0.25, -0.2) is 4.98 Å². The Hall–Kier alpha value is -2.90. The van der Waals surface area contributed by atoms with E-state index in [-0.39, 0.29) is 5.91 Å². The van der Waals surface area contributed by atoms with Crippen molar-refractivity contribution in [1.29, 1.82) is 0 Å². The number of nitrogens with zero attached hydrogens (tertiary/aromatic N) is 2. The molecule has 0 saturated carbocycles. The van der Waals surface area contributed by atoms with E-state index in [2.05, 4.69) is 39.6 Å². The van der Waals surface area contributed by atoms with E-state index in [1.54, 1.807) is 0 Å². The van der Waals surface area contributed by atoms with Gasteiger partial charge in [0, 0.05) is 43.0 Å². The third kappa shape index (κ3) is 3.78. The van der Waals surface area contributed by atoms with Gasteiger partial charge in [-0.05, 0) is 42.8 Å². The molecule has 30 heavy (non-hydrogen) atoms. The highest BCUT2D eigenvalue weighted by molar-refractivity contribution is 7.13. The molecule has 1 saturated heterocycles. The second kappa shape index (κ2) is 8.08. The van der Waals surface area contributed by atoms with Crippen LogP contribution < -0.4 is 20.3 Å². The fourth-order valence-corrected chi connectivity index (χ4v) is 4.82. The molecule has 1 fully saturated rings. The molecule has 1 atom stereocenters. The Morgan fingerprint density at radius 2 is 2.20 bits per heavy atom. The van der Waals surface area contributed by atoms with Crippen LogP contribution in [-0.4, -0.2) is 43.2 Å². The van der Waals surface area contributed by atoms with E-state index >= 15 is 0 Å². The number of carbonyl (C=O) groups is 1. The van der Waals surface area contributed by atoms with E-state index < -0.39 is 0 Å². The highest BCUT2D eigenvalue weighted by Gasteiger charge is 2.20. The van der Waals surface area contributed by atoms with Crippen LogP contribution in [0.25, 0.3) is 10.6 Å². The third-order valence-electron chi connectivity index (χ3n) is 5.53. The van der Waals surface area contributed by atoms with Crippen LogP contribution >= 0.6 is 11.3 Å². The van der Waals surface area contributed by atoms with Gasteiger partial charge in [0.25, 0.3) is 5.91 Å². The van der Waals surface area contributed by atoms with Gasteiger partial charge in [-0.1, -0.05) is 12.1 Å². The number of fused-ring (bicyclic) bond motifs is 1. The Morgan fingerprint density at radius 3 is 3.10 bits per heavy atom. The van der Waals surface area contributed by atoms with Crippen molar-refractivity contribution in [3.05, 3.63) is 59.1 Å². The average Bonchev–Trinajstić information content (AvgIpc) is 3.43. The first-order valence-electron chi connectivity index (χ1n) is 10.3. The lowest BCUT2D eigenvalue weighted by Crippen LogP contribution is -2.49. The number of para-hydroxylation sites is 2. The van der Waals surface area contributed by atoms with E-state index in [9.17, 15) is 4.79 Å². The number of aromatic nitrogens is 1. The number of benzene rings is 2. The summed E-state index contributed by atoms with van der Waals surface area (Å²) in [6, 6.07) is 14.5. The van der Waals surface area contributed by atoms with Crippen molar-refractivity contribution in [2.45, 2.75) is 19.4 Å². The summed E-state index contributed by atoms with van der Waals surface area (Å²) in [5.41, 5.74) is 4.54. The summed E-state index contributed by atoms with van der Waals surface area (Å²) >= 11 is 1.49. The molecule has 6 nitrogen and oxygen atoms in total. The molecule has 3 heterocycles. The van der Waals surface area contributed by atoms with Gasteiger partial charge in [0.05, 0.1) is 18.0 Å². The topological polar surface area (TPSA) is 66.5 Å². The number of rotatable bonds is 4. The zero-order valence-corrected chi connectivity index (χ0v) is 17.7. The predicted molar refractivity (Wildman–Crippen MR) is 121 cm³/mol. The molecule has 5 rings (SSSR count). The smallest absolute Gasteiger partial charge is 0.275 e. The second-order valence-electron chi connectivity index (χ2n) is 7.73. The van der Waals surface area contributed by atoms with Gasteiger partial charge in [-0.2, -0.15) is 0 Å². The molecular formula is C23H24N4O2S. The van der Waals surface area contributed by atoms with Crippen LogP contribution in [0.2, 0.25) is 0 Å². The summed E-state index contributed by atoms with van der Waals surface area (Å²) in [5, 5.41) is 9.19. The number of carbonyl (C=O) groups excluding carboxylic acids is 1. The van der Waals surface area contributed by atoms with E-state index in [1.165, 1.54) is 16.9 Å². The first-order valence-corrected chi connectivity index (χ1v) is 11.2. The van der Waals surface area contributed by atoms with Crippen molar-refractivity contribution in [3.63, 3.8) is 0 Å². The largest absolute Gasteiger partial charge is 0.493 e. The van der Waals surface area contributed by atoms with Crippen molar-refractivity contribution in [3.8, 4) is 16.3 Å². The minimum absolute atomic E-state index is 0.183. The van der Waals surface area contributed by atoms with E-state index in [0.717, 1.165) is 60.4 Å². The maximum absolute atomic E-state index is 12.9. The third-order valence-corrected chi connectivity index (χ3v) is 6.43. The second-order valence-corrected chi connectivity index (χ2v) is 8.59. The van der Waals surface area contributed by atoms with Crippen LogP contribution in [-0.2, 0) is 6.42 Å². The molecule has 154 valence electrons. The molecule has 0 aliphatic carbocycles. The molecule has 0 bridgehead atoms. The number of anilines is 2. The lowest BCUT2D eigenvalue weighted by Gasteiger charge is -2.34. The average molecular weight is 421 g/mol. The number of piperazine rings is 1. The van der Waals surface area contributed by atoms with E-state index in [0.29, 0.717) is 11.7 Å². The Labute approximate surface area is 179 Å². The molecule has 0 radical (unpaired) electrons. The van der Waals surface area contributed by atoms with Crippen LogP contribution in [0, 0.1) is 0 Å². The molecular weight excluding hydrogens is 396 g/mol. The van der Waals surface area contributed by atoms with E-state index in [1.807, 2.05) is 35.7 Å². The van der Waals surface area contributed by atoms with E-state index in [4.69, 9.17) is 4.74 Å². The van der Waals surface area contributed by atoms with Crippen molar-refractivity contribution < 1.29 is 9.53 Å². The zero-order valence-electron chi connectivity index (χ0n) is 16.9. The van der Waals surface area contributed by atoms with Gasteiger partial charge in [-0.3, -0.25) is 4.79 Å². The molecule has 2 N–H and O–H groups in total. The van der Waals surface area contributed by atoms with Gasteiger partial charge >= 0.3 is 0 Å². The van der Waals surface area contributed by atoms with Gasteiger partial charge < -0.3 is 20.3 Å². The van der Waals surface area contributed by atoms with Crippen LogP contribution in [0.15, 0.2) is 47.8 Å². The summed E-state index contributed by atoms with van der Waals surface area (Å²) in [6.07, 6.45) is 0.920. The molecule has 0 spiro atoms. The number of hydrogen-bond donors (Lipinski definition) is 2. The van der Waals surface area contributed by atoms with Gasteiger partial charge in [-0.15, -0.1) is 11.3 Å². The standard InChI is InChI=1S/C23H24N4O2S/c1-15-13-27(10-9-24-15)20-5-3-2-4-18(20)25-22(28)19-14-30-23(26-19)17-6-7-21-16(12-17)8-11-29-21/h2-7,12,14-15,24H,8-11,13H2,1H3,(H,25,28)/t15-/m0/s1. The first kappa shape index (κ1) is 19.1. The number of nitrogens with one attached hydrogen (secondary N) is 2. The van der Waals surface area contributed by atoms with Crippen molar-refractivity contribution >= 4 is 28.6 Å². The predicted octanol–water partition coefficient (Wildman–Crippen LogP) is 3.80. The van der Waals surface area contributed by atoms with Crippen LogP contribution in [0.3, 0.4) is 0 Å². The molecule has 7 heteroatoms. The van der Waals surface area contributed by atoms with Gasteiger partial charge in [0.15, 0.2) is 0 Å². The van der Waals surface area contributed by atoms with Crippen LogP contribution in [0.5, 0.6) is 5.75 Å². The quantitative estimate of drug-likeness (QED) is 0.672. The summed E-state index contributed by atoms with van der Waals surface area (Å²) in [7, 11) is 0. The highest BCUT2D eigenvalue weighted by atomic mass is 32.1. The lowest BCUT2D eigenvalue weighted by molar-refractivity contribution is 0.102. The lowest BCUT2D eigenvalue weighted by atomic mass is 10.1. The summed E-state index contributed by atoms with van der Waals surface area (Å²) < 4.78 is 5.58. The molecule has 2 aromatic carbocycles. The molecule has 0 unspecified atom stereocenters. The summed E-state index contributed by atoms with van der Waals surface area (Å²) in [5.74, 6) is 0.768. The summed E-state index contributed by atoms with van der Waals surface area (Å²) in [6.45, 7) is 5.67. The number of amides is 1. The van der Waals surface area contributed by atoms with Gasteiger partial charge in [0.1, 0.15) is 16.5 Å². The van der Waals surface area contributed by atoms with Crippen LogP contribution in [0.1, 0.15) is 23.0 Å². The minimum atomic E-state index is -0.183. The fraction of sp³-hybridized carbons (Fsp3) is 0.304. The molecule has 1 amide bonds. The fourth-order valence-electron chi connectivity index (χ4n) is 4.02. The normalized spacial score (nSPS) is 18.0. The first-order chi connectivity index (χ1) is 14.7. The maximum Gasteiger partial charge on any atom is 0.275 e. The summed E-state index contributed by atoms with van der Waals surface area (Å²) in [4.78, 5) is 19.8. The zero-order chi connectivity index (χ0) is 20.5. The van der Waals surface area contributed by atoms with Crippen molar-refractivity contribution in [2.75, 3.05) is 36.5 Å². The highest BCUT2D eigenvalue weighted by Crippen LogP contribution is 2.32. The van der Waals surface area contributed by atoms with Crippen molar-refractivity contribution in [1.82, 2.24) is 10.3 Å². The number of hydrogen-bond acceptors (Lipinski definition) is 6. The maximum atomic E-state index is 12.9. The SMILES string of the molecule is C[C@H]1CN(c2ccccc2NC(=O)c2csc(-c3ccc4c(c3)CCO4)n2)CCN1. The monoisotopic (exact) mass is 420 g/mol. The van der Waals surface area contributed by atoms with Crippen LogP contribution in [0.4, 0.5) is 11.4 Å². The number of thiazole rings is 1. The van der Waals surface area contributed by atoms with Gasteiger partial charge in [0.2, 0.25) is 0 Å². The Balaban J connectivity index is 1.34. The molecule has 2 aliphatic rings. The Morgan fingerprint density at radius 1 is 1.30 bits per heavy atom. The molecule has 3 aromatic rings. The number of ether oxygens (including phenoxy) is 1.